The highest BCUT2D eigenvalue weighted by molar-refractivity contribution is 6.32. The number of nitrogens with zero attached hydrogens (tertiary/aromatic N) is 6. The van der Waals surface area contributed by atoms with Gasteiger partial charge in [-0.1, -0.05) is 29.8 Å². The molecule has 0 radical (unpaired) electrons. The molecular formula is C25H23ClN8O3. The summed E-state index contributed by atoms with van der Waals surface area (Å²) < 4.78 is 5.78. The van der Waals surface area contributed by atoms with Gasteiger partial charge in [-0.2, -0.15) is 20.1 Å². The summed E-state index contributed by atoms with van der Waals surface area (Å²) in [4.78, 5) is 26.4. The highest BCUT2D eigenvalue weighted by Crippen LogP contribution is 2.31. The zero-order chi connectivity index (χ0) is 25.6. The van der Waals surface area contributed by atoms with E-state index in [1.54, 1.807) is 18.2 Å². The van der Waals surface area contributed by atoms with E-state index in [0.717, 1.165) is 31.6 Å². The number of nitro benzene ring substituents is 1. The van der Waals surface area contributed by atoms with Crippen molar-refractivity contribution in [1.29, 1.82) is 0 Å². The minimum absolute atomic E-state index is 0.0636. The molecule has 0 amide bonds. The molecule has 5 rings (SSSR count). The van der Waals surface area contributed by atoms with Gasteiger partial charge in [0.25, 0.3) is 5.69 Å². The van der Waals surface area contributed by atoms with Crippen LogP contribution in [0.5, 0.6) is 0 Å². The summed E-state index contributed by atoms with van der Waals surface area (Å²) in [6.45, 7) is 1.77. The van der Waals surface area contributed by atoms with Crippen molar-refractivity contribution < 1.29 is 9.34 Å². The quantitative estimate of drug-likeness (QED) is 0.167. The predicted octanol–water partition coefficient (Wildman–Crippen LogP) is 5.87. The minimum Gasteiger partial charge on any atom is -0.455 e. The standard InChI is InChI=1S/C25H23ClN8O3/c26-20-11-9-17(15-21(20)34(35)36)22-12-10-19(37-22)16-27-32-24-29-23(28-18-7-3-1-4-8-18)30-25(31-24)33-13-5-2-6-14-33/h1,3-4,7-12,15-16H,2,5-6,13-14H2,(H2,28,29,30,31,32)/b27-16-. The van der Waals surface area contributed by atoms with Crippen molar-refractivity contribution in [1.82, 2.24) is 15.0 Å². The third-order valence-electron chi connectivity index (χ3n) is 5.70. The van der Waals surface area contributed by atoms with E-state index in [1.165, 1.54) is 24.8 Å². The van der Waals surface area contributed by atoms with E-state index in [9.17, 15) is 10.1 Å². The minimum atomic E-state index is -0.533. The normalized spacial score (nSPS) is 13.6. The number of nitrogens with one attached hydrogen (secondary N) is 2. The number of benzene rings is 2. The fourth-order valence-electron chi connectivity index (χ4n) is 3.89. The van der Waals surface area contributed by atoms with Crippen LogP contribution in [0.3, 0.4) is 0 Å². The van der Waals surface area contributed by atoms with E-state index in [4.69, 9.17) is 16.0 Å². The van der Waals surface area contributed by atoms with Crippen LogP contribution in [0.25, 0.3) is 11.3 Å². The lowest BCUT2D eigenvalue weighted by molar-refractivity contribution is -0.384. The second kappa shape index (κ2) is 11.0. The summed E-state index contributed by atoms with van der Waals surface area (Å²) in [5, 5.41) is 18.7. The number of para-hydroxylation sites is 1. The molecular weight excluding hydrogens is 496 g/mol. The first kappa shape index (κ1) is 24.2. The van der Waals surface area contributed by atoms with Gasteiger partial charge in [0.15, 0.2) is 0 Å². The molecule has 1 aliphatic heterocycles. The van der Waals surface area contributed by atoms with E-state index >= 15 is 0 Å². The van der Waals surface area contributed by atoms with Crippen molar-refractivity contribution in [2.45, 2.75) is 19.3 Å². The number of nitro groups is 1. The second-order valence-corrected chi connectivity index (χ2v) is 8.72. The summed E-state index contributed by atoms with van der Waals surface area (Å²) in [5.41, 5.74) is 4.06. The highest BCUT2D eigenvalue weighted by atomic mass is 35.5. The average Bonchev–Trinajstić information content (AvgIpc) is 3.39. The molecule has 3 heterocycles. The van der Waals surface area contributed by atoms with Crippen molar-refractivity contribution in [3.8, 4) is 11.3 Å². The zero-order valence-corrected chi connectivity index (χ0v) is 20.4. The SMILES string of the molecule is O=[N+]([O-])c1cc(-c2ccc(/C=N\Nc3nc(Nc4ccccc4)nc(N4CCCCC4)n3)o2)ccc1Cl. The number of furan rings is 1. The zero-order valence-electron chi connectivity index (χ0n) is 19.7. The molecule has 4 aromatic rings. The third-order valence-corrected chi connectivity index (χ3v) is 6.02. The Bertz CT molecular complexity index is 1420. The Morgan fingerprint density at radius 1 is 1.00 bits per heavy atom. The fraction of sp³-hybridized carbons (Fsp3) is 0.200. The summed E-state index contributed by atoms with van der Waals surface area (Å²) in [6, 6.07) is 17.6. The maximum atomic E-state index is 11.2. The molecule has 0 saturated carbocycles. The first-order valence-corrected chi connectivity index (χ1v) is 12.1. The van der Waals surface area contributed by atoms with Gasteiger partial charge < -0.3 is 14.6 Å². The molecule has 188 valence electrons. The lowest BCUT2D eigenvalue weighted by atomic mass is 10.1. The number of rotatable bonds is 8. The van der Waals surface area contributed by atoms with Gasteiger partial charge in [-0.05, 0) is 55.7 Å². The summed E-state index contributed by atoms with van der Waals surface area (Å²) >= 11 is 5.90. The van der Waals surface area contributed by atoms with Gasteiger partial charge in [0.05, 0.1) is 11.1 Å². The molecule has 1 fully saturated rings. The summed E-state index contributed by atoms with van der Waals surface area (Å²) in [5.74, 6) is 2.15. The molecule has 1 aliphatic rings. The van der Waals surface area contributed by atoms with Gasteiger partial charge in [0.2, 0.25) is 17.8 Å². The Kier molecular flexibility index (Phi) is 7.22. The van der Waals surface area contributed by atoms with Gasteiger partial charge in [0, 0.05) is 30.4 Å². The monoisotopic (exact) mass is 518 g/mol. The van der Waals surface area contributed by atoms with Gasteiger partial charge in [-0.15, -0.1) is 0 Å². The molecule has 37 heavy (non-hydrogen) atoms. The first-order valence-electron chi connectivity index (χ1n) is 11.7. The van der Waals surface area contributed by atoms with Crippen LogP contribution in [0.2, 0.25) is 5.02 Å². The van der Waals surface area contributed by atoms with Crippen LogP contribution in [0, 0.1) is 10.1 Å². The second-order valence-electron chi connectivity index (χ2n) is 8.32. The first-order chi connectivity index (χ1) is 18.0. The maximum Gasteiger partial charge on any atom is 0.288 e. The fourth-order valence-corrected chi connectivity index (χ4v) is 4.08. The Balaban J connectivity index is 1.33. The summed E-state index contributed by atoms with van der Waals surface area (Å²) in [7, 11) is 0. The molecule has 1 saturated heterocycles. The Morgan fingerprint density at radius 2 is 1.78 bits per heavy atom. The van der Waals surface area contributed by atoms with Crippen molar-refractivity contribution >= 4 is 47.0 Å². The van der Waals surface area contributed by atoms with E-state index in [2.05, 4.69) is 35.7 Å². The predicted molar refractivity (Wildman–Crippen MR) is 143 cm³/mol. The Labute approximate surface area is 217 Å². The van der Waals surface area contributed by atoms with E-state index in [0.29, 0.717) is 29.0 Å². The number of hydrogen-bond acceptors (Lipinski definition) is 10. The molecule has 2 N–H and O–H groups in total. The number of halogens is 1. The lowest BCUT2D eigenvalue weighted by Crippen LogP contribution is -2.31. The van der Waals surface area contributed by atoms with Gasteiger partial charge in [-0.3, -0.25) is 10.1 Å². The van der Waals surface area contributed by atoms with Crippen LogP contribution >= 0.6 is 11.6 Å². The van der Waals surface area contributed by atoms with Crippen molar-refractivity contribution in [2.75, 3.05) is 28.7 Å². The van der Waals surface area contributed by atoms with Crippen molar-refractivity contribution in [3.63, 3.8) is 0 Å². The van der Waals surface area contributed by atoms with Gasteiger partial charge >= 0.3 is 0 Å². The third kappa shape index (κ3) is 6.01. The molecule has 0 atom stereocenters. The molecule has 0 spiro atoms. The van der Waals surface area contributed by atoms with Crippen LogP contribution in [0.1, 0.15) is 25.0 Å². The van der Waals surface area contributed by atoms with E-state index < -0.39 is 4.92 Å². The van der Waals surface area contributed by atoms with Crippen molar-refractivity contribution in [2.24, 2.45) is 5.10 Å². The van der Waals surface area contributed by atoms with E-state index in [1.807, 2.05) is 30.3 Å². The lowest BCUT2D eigenvalue weighted by Gasteiger charge is -2.26. The smallest absolute Gasteiger partial charge is 0.288 e. The van der Waals surface area contributed by atoms with Gasteiger partial charge in [0.1, 0.15) is 16.5 Å². The number of hydrazone groups is 1. The van der Waals surface area contributed by atoms with Crippen LogP contribution in [0.15, 0.2) is 70.2 Å². The number of hydrogen-bond donors (Lipinski definition) is 2. The number of anilines is 4. The maximum absolute atomic E-state index is 11.2. The summed E-state index contributed by atoms with van der Waals surface area (Å²) in [6.07, 6.45) is 4.85. The molecule has 0 unspecified atom stereocenters. The van der Waals surface area contributed by atoms with Crippen molar-refractivity contribution in [3.05, 3.63) is 81.6 Å². The van der Waals surface area contributed by atoms with Gasteiger partial charge in [-0.25, -0.2) is 5.43 Å². The molecule has 11 nitrogen and oxygen atoms in total. The molecule has 0 aliphatic carbocycles. The van der Waals surface area contributed by atoms with Crippen LogP contribution in [-0.4, -0.2) is 39.2 Å². The largest absolute Gasteiger partial charge is 0.455 e. The highest BCUT2D eigenvalue weighted by Gasteiger charge is 2.17. The topological polar surface area (TPSA) is 135 Å². The Hall–Kier alpha value is -4.51. The van der Waals surface area contributed by atoms with Crippen LogP contribution < -0.4 is 15.6 Å². The van der Waals surface area contributed by atoms with Crippen LogP contribution in [0.4, 0.5) is 29.2 Å². The van der Waals surface area contributed by atoms with Crippen LogP contribution in [-0.2, 0) is 0 Å². The molecule has 2 aromatic carbocycles. The number of piperidine rings is 1. The molecule has 0 bridgehead atoms. The molecule has 2 aromatic heterocycles. The Morgan fingerprint density at radius 3 is 2.57 bits per heavy atom. The number of aromatic nitrogens is 3. The van der Waals surface area contributed by atoms with E-state index in [-0.39, 0.29) is 16.7 Å². The average molecular weight is 519 g/mol. The molecule has 12 heteroatoms.